The largest absolute Gasteiger partial charge is 0.395 e. The van der Waals surface area contributed by atoms with Gasteiger partial charge in [-0.3, -0.25) is 9.48 Å². The molecule has 1 unspecified atom stereocenters. The SMILES string of the molecule is CCc1nn(C)c(C(=O)NC(C)CCN(C)C)c1N. The van der Waals surface area contributed by atoms with E-state index >= 15 is 0 Å². The molecule has 0 saturated carbocycles. The predicted octanol–water partition coefficient (Wildman–Crippen LogP) is 0.635. The number of nitrogens with zero attached hydrogens (tertiary/aromatic N) is 3. The molecule has 0 aromatic carbocycles. The number of hydrogen-bond donors (Lipinski definition) is 2. The molecule has 1 atom stereocenters. The van der Waals surface area contributed by atoms with Gasteiger partial charge in [0.15, 0.2) is 0 Å². The number of carbonyl (C=O) groups is 1. The molecule has 0 saturated heterocycles. The summed E-state index contributed by atoms with van der Waals surface area (Å²) < 4.78 is 1.56. The zero-order valence-electron chi connectivity index (χ0n) is 12.5. The highest BCUT2D eigenvalue weighted by molar-refractivity contribution is 5.98. The lowest BCUT2D eigenvalue weighted by Gasteiger charge is -2.16. The molecule has 3 N–H and O–H groups in total. The fourth-order valence-corrected chi connectivity index (χ4v) is 1.94. The normalized spacial score (nSPS) is 12.7. The van der Waals surface area contributed by atoms with Crippen LogP contribution in [-0.4, -0.2) is 47.3 Å². The molecule has 1 aromatic heterocycles. The molecule has 0 aliphatic heterocycles. The van der Waals surface area contributed by atoms with Crippen LogP contribution in [0.4, 0.5) is 5.69 Å². The number of nitrogens with one attached hydrogen (secondary N) is 1. The predicted molar refractivity (Wildman–Crippen MR) is 77.1 cm³/mol. The molecule has 19 heavy (non-hydrogen) atoms. The Morgan fingerprint density at radius 2 is 2.16 bits per heavy atom. The number of amides is 1. The number of nitrogen functional groups attached to an aromatic ring is 1. The quantitative estimate of drug-likeness (QED) is 0.793. The highest BCUT2D eigenvalue weighted by Crippen LogP contribution is 2.16. The van der Waals surface area contributed by atoms with Crippen LogP contribution in [0.1, 0.15) is 36.5 Å². The average molecular weight is 267 g/mol. The van der Waals surface area contributed by atoms with Crippen LogP contribution in [0, 0.1) is 0 Å². The van der Waals surface area contributed by atoms with E-state index in [1.54, 1.807) is 11.7 Å². The Bertz CT molecular complexity index is 438. The van der Waals surface area contributed by atoms with E-state index in [0.717, 1.165) is 25.1 Å². The van der Waals surface area contributed by atoms with Gasteiger partial charge in [0.2, 0.25) is 0 Å². The first-order valence-corrected chi connectivity index (χ1v) is 6.63. The van der Waals surface area contributed by atoms with E-state index in [2.05, 4.69) is 15.3 Å². The van der Waals surface area contributed by atoms with Crippen LogP contribution < -0.4 is 11.1 Å². The summed E-state index contributed by atoms with van der Waals surface area (Å²) in [4.78, 5) is 14.3. The molecule has 1 aromatic rings. The Hall–Kier alpha value is -1.56. The van der Waals surface area contributed by atoms with Crippen LogP contribution >= 0.6 is 0 Å². The molecule has 6 nitrogen and oxygen atoms in total. The second-order valence-corrected chi connectivity index (χ2v) is 5.15. The number of carbonyl (C=O) groups excluding carboxylic acids is 1. The van der Waals surface area contributed by atoms with Crippen molar-refractivity contribution in [3.8, 4) is 0 Å². The van der Waals surface area contributed by atoms with Crippen molar-refractivity contribution in [1.82, 2.24) is 20.0 Å². The fourth-order valence-electron chi connectivity index (χ4n) is 1.94. The van der Waals surface area contributed by atoms with Crippen molar-refractivity contribution in [2.75, 3.05) is 26.4 Å². The highest BCUT2D eigenvalue weighted by atomic mass is 16.2. The van der Waals surface area contributed by atoms with Crippen LogP contribution in [0.15, 0.2) is 0 Å². The summed E-state index contributed by atoms with van der Waals surface area (Å²) in [5.74, 6) is -0.154. The molecular formula is C13H25N5O. The number of aryl methyl sites for hydroxylation is 2. The fraction of sp³-hybridized carbons (Fsp3) is 0.692. The Morgan fingerprint density at radius 3 is 2.63 bits per heavy atom. The number of aromatic nitrogens is 2. The summed E-state index contributed by atoms with van der Waals surface area (Å²) >= 11 is 0. The second-order valence-electron chi connectivity index (χ2n) is 5.15. The van der Waals surface area contributed by atoms with Crippen molar-refractivity contribution in [2.45, 2.75) is 32.7 Å². The van der Waals surface area contributed by atoms with Crippen molar-refractivity contribution < 1.29 is 4.79 Å². The van der Waals surface area contributed by atoms with Crippen molar-refractivity contribution in [2.24, 2.45) is 7.05 Å². The molecule has 0 aliphatic carbocycles. The van der Waals surface area contributed by atoms with E-state index in [1.165, 1.54) is 0 Å². The van der Waals surface area contributed by atoms with Gasteiger partial charge in [-0.25, -0.2) is 0 Å². The minimum absolute atomic E-state index is 0.106. The minimum atomic E-state index is -0.154. The zero-order chi connectivity index (χ0) is 14.6. The third-order valence-corrected chi connectivity index (χ3v) is 3.10. The first-order valence-electron chi connectivity index (χ1n) is 6.63. The van der Waals surface area contributed by atoms with Gasteiger partial charge in [0, 0.05) is 13.1 Å². The van der Waals surface area contributed by atoms with E-state index < -0.39 is 0 Å². The third-order valence-electron chi connectivity index (χ3n) is 3.10. The van der Waals surface area contributed by atoms with Crippen LogP contribution in [0.5, 0.6) is 0 Å². The molecule has 0 bridgehead atoms. The van der Waals surface area contributed by atoms with Crippen molar-refractivity contribution in [1.29, 1.82) is 0 Å². The summed E-state index contributed by atoms with van der Waals surface area (Å²) in [5.41, 5.74) is 7.67. The van der Waals surface area contributed by atoms with Crippen molar-refractivity contribution in [3.63, 3.8) is 0 Å². The summed E-state index contributed by atoms with van der Waals surface area (Å²) in [6.07, 6.45) is 1.63. The van der Waals surface area contributed by atoms with Gasteiger partial charge in [0.1, 0.15) is 5.69 Å². The Morgan fingerprint density at radius 1 is 1.53 bits per heavy atom. The Labute approximate surface area is 114 Å². The molecule has 1 rings (SSSR count). The van der Waals surface area contributed by atoms with E-state index in [9.17, 15) is 4.79 Å². The molecule has 6 heteroatoms. The van der Waals surface area contributed by atoms with Crippen molar-refractivity contribution >= 4 is 11.6 Å². The van der Waals surface area contributed by atoms with E-state index in [1.807, 2.05) is 27.9 Å². The summed E-state index contributed by atoms with van der Waals surface area (Å²) in [6, 6.07) is 0.106. The third kappa shape index (κ3) is 3.96. The van der Waals surface area contributed by atoms with E-state index in [0.29, 0.717) is 11.4 Å². The Balaban J connectivity index is 2.70. The minimum Gasteiger partial charge on any atom is -0.395 e. The number of anilines is 1. The monoisotopic (exact) mass is 267 g/mol. The van der Waals surface area contributed by atoms with Gasteiger partial charge in [-0.1, -0.05) is 6.92 Å². The lowest BCUT2D eigenvalue weighted by Crippen LogP contribution is -2.36. The van der Waals surface area contributed by atoms with Gasteiger partial charge < -0.3 is 16.0 Å². The smallest absolute Gasteiger partial charge is 0.271 e. The van der Waals surface area contributed by atoms with Crippen molar-refractivity contribution in [3.05, 3.63) is 11.4 Å². The Kier molecular flexibility index (Phi) is 5.35. The highest BCUT2D eigenvalue weighted by Gasteiger charge is 2.20. The standard InChI is InChI=1S/C13H25N5O/c1-6-10-11(14)12(18(5)16-10)13(19)15-9(2)7-8-17(3)4/h9H,6-8,14H2,1-5H3,(H,15,19). The van der Waals surface area contributed by atoms with Gasteiger partial charge in [0.05, 0.1) is 11.4 Å². The van der Waals surface area contributed by atoms with Crippen LogP contribution in [0.3, 0.4) is 0 Å². The van der Waals surface area contributed by atoms with E-state index in [4.69, 9.17) is 5.73 Å². The van der Waals surface area contributed by atoms with Gasteiger partial charge in [-0.2, -0.15) is 5.10 Å². The van der Waals surface area contributed by atoms with Gasteiger partial charge in [-0.05, 0) is 40.4 Å². The molecule has 0 aliphatic rings. The lowest BCUT2D eigenvalue weighted by molar-refractivity contribution is 0.0928. The van der Waals surface area contributed by atoms with Gasteiger partial charge in [0.25, 0.3) is 5.91 Å². The van der Waals surface area contributed by atoms with E-state index in [-0.39, 0.29) is 11.9 Å². The number of nitrogens with two attached hydrogens (primary N) is 1. The molecule has 0 radical (unpaired) electrons. The van der Waals surface area contributed by atoms with Gasteiger partial charge in [-0.15, -0.1) is 0 Å². The summed E-state index contributed by atoms with van der Waals surface area (Å²) in [5, 5.41) is 7.22. The first kappa shape index (κ1) is 15.5. The molecule has 0 spiro atoms. The van der Waals surface area contributed by atoms with Crippen LogP contribution in [0.2, 0.25) is 0 Å². The maximum Gasteiger partial charge on any atom is 0.271 e. The zero-order valence-corrected chi connectivity index (χ0v) is 12.5. The number of rotatable bonds is 6. The summed E-state index contributed by atoms with van der Waals surface area (Å²) in [6.45, 7) is 4.90. The summed E-state index contributed by atoms with van der Waals surface area (Å²) in [7, 11) is 5.78. The maximum absolute atomic E-state index is 12.2. The van der Waals surface area contributed by atoms with Crippen LogP contribution in [-0.2, 0) is 13.5 Å². The second kappa shape index (κ2) is 6.56. The number of hydrogen-bond acceptors (Lipinski definition) is 4. The first-order chi connectivity index (χ1) is 8.86. The lowest BCUT2D eigenvalue weighted by atomic mass is 10.2. The molecule has 108 valence electrons. The average Bonchev–Trinajstić information content (AvgIpc) is 2.61. The van der Waals surface area contributed by atoms with Gasteiger partial charge >= 0.3 is 0 Å². The molecule has 1 heterocycles. The van der Waals surface area contributed by atoms with Crippen LogP contribution in [0.25, 0.3) is 0 Å². The molecule has 1 amide bonds. The maximum atomic E-state index is 12.2. The molecule has 0 fully saturated rings. The molecular weight excluding hydrogens is 242 g/mol. The topological polar surface area (TPSA) is 76.2 Å².